The van der Waals surface area contributed by atoms with Gasteiger partial charge in [0, 0.05) is 17.7 Å². The molecule has 7 heteroatoms. The van der Waals surface area contributed by atoms with E-state index in [4.69, 9.17) is 32.7 Å². The zero-order valence-electron chi connectivity index (χ0n) is 18.8. The van der Waals surface area contributed by atoms with Crippen LogP contribution in [0.4, 0.5) is 11.4 Å². The maximum absolute atomic E-state index is 13.7. The number of allylic oxidation sites excluding steroid dienone is 1. The molecule has 0 aromatic heterocycles. The standard InChI is InChI=1S/C27H24Cl2N2O3/c1-33-24-10-8-15(14-25(24)34-2)17-12-22-26(23(32)13-17)27(16-7-9-18(28)19(29)11-16)31-21-6-4-3-5-20(21)30-22/h3-11,14,17,27,30-31H,12-13H2,1-2H3/t17-,27-/m1/s1. The summed E-state index contributed by atoms with van der Waals surface area (Å²) in [7, 11) is 3.23. The van der Waals surface area contributed by atoms with Crippen LogP contribution in [-0.2, 0) is 4.79 Å². The number of ether oxygens (including phenoxy) is 2. The molecule has 5 nitrogen and oxygen atoms in total. The largest absolute Gasteiger partial charge is 0.493 e. The van der Waals surface area contributed by atoms with Crippen LogP contribution in [0.3, 0.4) is 0 Å². The lowest BCUT2D eigenvalue weighted by Crippen LogP contribution is -2.26. The van der Waals surface area contributed by atoms with E-state index in [2.05, 4.69) is 10.6 Å². The minimum absolute atomic E-state index is 0.0123. The van der Waals surface area contributed by atoms with E-state index in [-0.39, 0.29) is 17.7 Å². The number of fused-ring (bicyclic) bond motifs is 1. The molecule has 0 saturated carbocycles. The number of Topliss-reactive ketones (excluding diaryl/α,β-unsaturated/α-hetero) is 1. The van der Waals surface area contributed by atoms with Crippen LogP contribution in [0, 0.1) is 0 Å². The molecule has 2 N–H and O–H groups in total. The second-order valence-corrected chi connectivity index (χ2v) is 9.27. The monoisotopic (exact) mass is 494 g/mol. The molecule has 0 saturated heterocycles. The van der Waals surface area contributed by atoms with Crippen molar-refractivity contribution in [1.29, 1.82) is 0 Å². The van der Waals surface area contributed by atoms with Crippen LogP contribution in [0.25, 0.3) is 0 Å². The summed E-state index contributed by atoms with van der Waals surface area (Å²) in [6.45, 7) is 0. The topological polar surface area (TPSA) is 59.6 Å². The molecule has 1 aliphatic carbocycles. The Labute approximate surface area is 208 Å². The average Bonchev–Trinajstić information content (AvgIpc) is 3.02. The van der Waals surface area contributed by atoms with Crippen LogP contribution in [0.2, 0.25) is 10.0 Å². The van der Waals surface area contributed by atoms with Gasteiger partial charge in [-0.05, 0) is 59.9 Å². The maximum Gasteiger partial charge on any atom is 0.163 e. The van der Waals surface area contributed by atoms with E-state index in [1.54, 1.807) is 20.3 Å². The van der Waals surface area contributed by atoms with Gasteiger partial charge < -0.3 is 20.1 Å². The first-order chi connectivity index (χ1) is 16.5. The number of rotatable bonds is 4. The van der Waals surface area contributed by atoms with Gasteiger partial charge in [0.05, 0.1) is 41.7 Å². The predicted octanol–water partition coefficient (Wildman–Crippen LogP) is 6.99. The summed E-state index contributed by atoms with van der Waals surface area (Å²) < 4.78 is 10.9. The van der Waals surface area contributed by atoms with Gasteiger partial charge in [-0.3, -0.25) is 4.79 Å². The van der Waals surface area contributed by atoms with E-state index in [1.807, 2.05) is 54.6 Å². The van der Waals surface area contributed by atoms with Gasteiger partial charge in [0.15, 0.2) is 17.3 Å². The van der Waals surface area contributed by atoms with Crippen molar-refractivity contribution in [1.82, 2.24) is 0 Å². The number of anilines is 2. The van der Waals surface area contributed by atoms with Crippen molar-refractivity contribution in [3.63, 3.8) is 0 Å². The fraction of sp³-hybridized carbons (Fsp3) is 0.222. The van der Waals surface area contributed by atoms with E-state index >= 15 is 0 Å². The van der Waals surface area contributed by atoms with Gasteiger partial charge in [-0.2, -0.15) is 0 Å². The highest BCUT2D eigenvalue weighted by Gasteiger charge is 2.36. The third-order valence-corrected chi connectivity index (χ3v) is 7.20. The molecule has 0 radical (unpaired) electrons. The van der Waals surface area contributed by atoms with Gasteiger partial charge in [-0.1, -0.05) is 47.5 Å². The van der Waals surface area contributed by atoms with Crippen molar-refractivity contribution >= 4 is 40.4 Å². The van der Waals surface area contributed by atoms with E-state index in [0.717, 1.165) is 33.8 Å². The summed E-state index contributed by atoms with van der Waals surface area (Å²) in [6.07, 6.45) is 1.08. The third-order valence-electron chi connectivity index (χ3n) is 6.46. The highest BCUT2D eigenvalue weighted by atomic mass is 35.5. The zero-order chi connectivity index (χ0) is 23.8. The SMILES string of the molecule is COc1ccc([C@H]2CC(=O)C3=C(C2)Nc2ccccc2N[C@@H]3c2ccc(Cl)c(Cl)c2)cc1OC. The van der Waals surface area contributed by atoms with Gasteiger partial charge in [0.1, 0.15) is 0 Å². The smallest absolute Gasteiger partial charge is 0.163 e. The van der Waals surface area contributed by atoms with Crippen molar-refractivity contribution in [3.05, 3.63) is 93.1 Å². The Morgan fingerprint density at radius 3 is 2.29 bits per heavy atom. The van der Waals surface area contributed by atoms with Crippen molar-refractivity contribution in [2.75, 3.05) is 24.9 Å². The molecule has 5 rings (SSSR count). The molecule has 1 aliphatic heterocycles. The number of hydrogen-bond acceptors (Lipinski definition) is 5. The lowest BCUT2D eigenvalue weighted by Gasteiger charge is -2.30. The molecule has 0 unspecified atom stereocenters. The zero-order valence-corrected chi connectivity index (χ0v) is 20.3. The number of halogens is 2. The van der Waals surface area contributed by atoms with E-state index < -0.39 is 0 Å². The Balaban J connectivity index is 1.59. The summed E-state index contributed by atoms with van der Waals surface area (Å²) in [5, 5.41) is 8.05. The summed E-state index contributed by atoms with van der Waals surface area (Å²) in [5.74, 6) is 1.42. The molecule has 174 valence electrons. The Morgan fingerprint density at radius 1 is 0.824 bits per heavy atom. The second-order valence-electron chi connectivity index (χ2n) is 8.46. The molecule has 3 aromatic carbocycles. The Morgan fingerprint density at radius 2 is 1.56 bits per heavy atom. The first-order valence-corrected chi connectivity index (χ1v) is 11.8. The number of ketones is 1. The predicted molar refractivity (Wildman–Crippen MR) is 136 cm³/mol. The van der Waals surface area contributed by atoms with Crippen LogP contribution < -0.4 is 20.1 Å². The molecular weight excluding hydrogens is 471 g/mol. The Hall–Kier alpha value is -3.15. The van der Waals surface area contributed by atoms with Gasteiger partial charge in [0.25, 0.3) is 0 Å². The third kappa shape index (κ3) is 4.10. The molecule has 0 spiro atoms. The number of para-hydroxylation sites is 2. The Kier molecular flexibility index (Phi) is 6.15. The van der Waals surface area contributed by atoms with Crippen LogP contribution in [0.15, 0.2) is 71.9 Å². The van der Waals surface area contributed by atoms with Crippen molar-refractivity contribution in [2.45, 2.75) is 24.8 Å². The first-order valence-electron chi connectivity index (χ1n) is 11.0. The Bertz CT molecular complexity index is 1300. The summed E-state index contributed by atoms with van der Waals surface area (Å²) >= 11 is 12.5. The summed E-state index contributed by atoms with van der Waals surface area (Å²) in [5.41, 5.74) is 5.41. The fourth-order valence-electron chi connectivity index (χ4n) is 4.78. The van der Waals surface area contributed by atoms with Crippen LogP contribution in [0.1, 0.15) is 35.9 Å². The van der Waals surface area contributed by atoms with Gasteiger partial charge in [0.2, 0.25) is 0 Å². The molecule has 0 amide bonds. The second kappa shape index (κ2) is 9.24. The number of nitrogens with one attached hydrogen (secondary N) is 2. The number of benzene rings is 3. The highest BCUT2D eigenvalue weighted by molar-refractivity contribution is 6.42. The normalized spacial score (nSPS) is 19.4. The number of carbonyl (C=O) groups excluding carboxylic acids is 1. The summed E-state index contributed by atoms with van der Waals surface area (Å²) in [4.78, 5) is 13.7. The lowest BCUT2D eigenvalue weighted by molar-refractivity contribution is -0.116. The van der Waals surface area contributed by atoms with Crippen molar-refractivity contribution < 1.29 is 14.3 Å². The van der Waals surface area contributed by atoms with Gasteiger partial charge in [-0.25, -0.2) is 0 Å². The number of carbonyl (C=O) groups is 1. The first kappa shape index (κ1) is 22.6. The molecule has 34 heavy (non-hydrogen) atoms. The highest BCUT2D eigenvalue weighted by Crippen LogP contribution is 2.45. The van der Waals surface area contributed by atoms with Crippen molar-refractivity contribution in [3.8, 4) is 11.5 Å². The number of methoxy groups -OCH3 is 2. The molecule has 1 heterocycles. The average molecular weight is 495 g/mol. The van der Waals surface area contributed by atoms with Crippen LogP contribution in [-0.4, -0.2) is 20.0 Å². The molecular formula is C27H24Cl2N2O3. The van der Waals surface area contributed by atoms with Crippen molar-refractivity contribution in [2.24, 2.45) is 0 Å². The van der Waals surface area contributed by atoms with Gasteiger partial charge >= 0.3 is 0 Å². The number of hydrogen-bond donors (Lipinski definition) is 2. The van der Waals surface area contributed by atoms with Crippen LogP contribution in [0.5, 0.6) is 11.5 Å². The molecule has 0 fully saturated rings. The molecule has 2 atom stereocenters. The summed E-state index contributed by atoms with van der Waals surface area (Å²) in [6, 6.07) is 19.0. The quantitative estimate of drug-likeness (QED) is 0.409. The molecule has 2 aliphatic rings. The molecule has 3 aromatic rings. The lowest BCUT2D eigenvalue weighted by atomic mass is 9.78. The molecule has 0 bridgehead atoms. The van der Waals surface area contributed by atoms with E-state index in [1.165, 1.54) is 0 Å². The minimum atomic E-state index is -0.347. The fourth-order valence-corrected chi connectivity index (χ4v) is 5.08. The maximum atomic E-state index is 13.7. The van der Waals surface area contributed by atoms with E-state index in [0.29, 0.717) is 34.4 Å². The minimum Gasteiger partial charge on any atom is -0.493 e. The van der Waals surface area contributed by atoms with Gasteiger partial charge in [-0.15, -0.1) is 0 Å². The van der Waals surface area contributed by atoms with Crippen LogP contribution >= 0.6 is 23.2 Å². The van der Waals surface area contributed by atoms with E-state index in [9.17, 15) is 4.79 Å².